The summed E-state index contributed by atoms with van der Waals surface area (Å²) >= 11 is 0. The Morgan fingerprint density at radius 1 is 1.00 bits per heavy atom. The number of carbonyl (C=O) groups is 2. The van der Waals surface area contributed by atoms with Crippen LogP contribution in [0.25, 0.3) is 0 Å². The van der Waals surface area contributed by atoms with Crippen LogP contribution in [0.4, 0.5) is 5.69 Å². The number of hydrogen-bond acceptors (Lipinski definition) is 5. The molecule has 1 heterocycles. The van der Waals surface area contributed by atoms with E-state index in [4.69, 9.17) is 9.26 Å². The minimum Gasteiger partial charge on any atom is -0.489 e. The molecule has 1 atom stereocenters. The number of aromatic nitrogens is 1. The van der Waals surface area contributed by atoms with Crippen molar-refractivity contribution in [3.05, 3.63) is 113 Å². The number of ether oxygens (including phenoxy) is 1. The fraction of sp³-hybridized carbons (Fsp3) is 0.233. The first kappa shape index (κ1) is 25.7. The summed E-state index contributed by atoms with van der Waals surface area (Å²) < 4.78 is 11.2. The van der Waals surface area contributed by atoms with Crippen LogP contribution in [0.2, 0.25) is 0 Å². The molecule has 1 N–H and O–H groups in total. The van der Waals surface area contributed by atoms with E-state index in [1.54, 1.807) is 12.1 Å². The van der Waals surface area contributed by atoms with Crippen LogP contribution >= 0.6 is 0 Å². The summed E-state index contributed by atoms with van der Waals surface area (Å²) in [6.45, 7) is 7.92. The van der Waals surface area contributed by atoms with Gasteiger partial charge in [-0.05, 0) is 62.2 Å². The average molecular weight is 498 g/mol. The highest BCUT2D eigenvalue weighted by atomic mass is 16.5. The SMILES string of the molecule is CC(=O)Nc1cccc(C(C)N(Cc2ccccc2)C(=O)c2cccc(OCc3c(C)noc3C)c2)c1. The number of aryl methyl sites for hydroxylation is 2. The van der Waals surface area contributed by atoms with Crippen molar-refractivity contribution >= 4 is 17.5 Å². The van der Waals surface area contributed by atoms with Crippen LogP contribution in [-0.4, -0.2) is 21.9 Å². The van der Waals surface area contributed by atoms with Gasteiger partial charge in [-0.2, -0.15) is 0 Å². The molecule has 190 valence electrons. The van der Waals surface area contributed by atoms with Gasteiger partial charge >= 0.3 is 0 Å². The quantitative estimate of drug-likeness (QED) is 0.296. The van der Waals surface area contributed by atoms with Crippen LogP contribution < -0.4 is 10.1 Å². The Morgan fingerprint density at radius 3 is 2.46 bits per heavy atom. The molecule has 0 spiro atoms. The Morgan fingerprint density at radius 2 is 1.76 bits per heavy atom. The molecule has 0 radical (unpaired) electrons. The summed E-state index contributed by atoms with van der Waals surface area (Å²) in [6, 6.07) is 24.4. The second-order valence-corrected chi connectivity index (χ2v) is 9.02. The van der Waals surface area contributed by atoms with Gasteiger partial charge in [-0.3, -0.25) is 9.59 Å². The van der Waals surface area contributed by atoms with Gasteiger partial charge in [0.15, 0.2) is 0 Å². The molecule has 0 bridgehead atoms. The third-order valence-corrected chi connectivity index (χ3v) is 6.26. The predicted molar refractivity (Wildman–Crippen MR) is 142 cm³/mol. The van der Waals surface area contributed by atoms with Gasteiger partial charge in [0.2, 0.25) is 5.91 Å². The van der Waals surface area contributed by atoms with E-state index in [1.807, 2.05) is 92.4 Å². The van der Waals surface area contributed by atoms with Gasteiger partial charge in [-0.15, -0.1) is 0 Å². The molecule has 0 saturated carbocycles. The van der Waals surface area contributed by atoms with E-state index in [-0.39, 0.29) is 17.9 Å². The fourth-order valence-electron chi connectivity index (χ4n) is 4.17. The van der Waals surface area contributed by atoms with Crippen molar-refractivity contribution in [2.45, 2.75) is 46.9 Å². The van der Waals surface area contributed by atoms with Crippen LogP contribution in [0.15, 0.2) is 83.4 Å². The molecule has 7 nitrogen and oxygen atoms in total. The number of nitrogens with zero attached hydrogens (tertiary/aromatic N) is 2. The average Bonchev–Trinajstić information content (AvgIpc) is 3.22. The number of hydrogen-bond donors (Lipinski definition) is 1. The molecular formula is C30H31N3O4. The lowest BCUT2D eigenvalue weighted by molar-refractivity contribution is -0.114. The third kappa shape index (κ3) is 6.44. The van der Waals surface area contributed by atoms with Gasteiger partial charge in [0, 0.05) is 24.7 Å². The number of benzene rings is 3. The monoisotopic (exact) mass is 497 g/mol. The summed E-state index contributed by atoms with van der Waals surface area (Å²) in [4.78, 5) is 27.3. The molecule has 37 heavy (non-hydrogen) atoms. The molecule has 1 aromatic heterocycles. The molecule has 0 aliphatic heterocycles. The maximum absolute atomic E-state index is 13.9. The second kappa shape index (κ2) is 11.6. The highest BCUT2D eigenvalue weighted by Gasteiger charge is 2.24. The molecule has 4 aromatic rings. The summed E-state index contributed by atoms with van der Waals surface area (Å²) in [5.41, 5.74) is 4.84. The minimum absolute atomic E-state index is 0.121. The van der Waals surface area contributed by atoms with Gasteiger partial charge in [0.1, 0.15) is 18.1 Å². The van der Waals surface area contributed by atoms with Gasteiger partial charge in [-0.25, -0.2) is 0 Å². The van der Waals surface area contributed by atoms with Crippen LogP contribution in [0.1, 0.15) is 58.4 Å². The van der Waals surface area contributed by atoms with Crippen molar-refractivity contribution in [2.75, 3.05) is 5.32 Å². The summed E-state index contributed by atoms with van der Waals surface area (Å²) in [6.07, 6.45) is 0. The molecule has 0 saturated heterocycles. The van der Waals surface area contributed by atoms with Gasteiger partial charge < -0.3 is 19.5 Å². The van der Waals surface area contributed by atoms with Gasteiger partial charge in [0.25, 0.3) is 5.91 Å². The molecule has 2 amide bonds. The molecule has 4 rings (SSSR count). The number of anilines is 1. The van der Waals surface area contributed by atoms with Crippen LogP contribution in [0.5, 0.6) is 5.75 Å². The molecule has 1 unspecified atom stereocenters. The molecule has 0 aliphatic carbocycles. The topological polar surface area (TPSA) is 84.7 Å². The lowest BCUT2D eigenvalue weighted by Crippen LogP contribution is -2.33. The van der Waals surface area contributed by atoms with Crippen molar-refractivity contribution in [3.63, 3.8) is 0 Å². The van der Waals surface area contributed by atoms with E-state index in [0.29, 0.717) is 35.9 Å². The standard InChI is InChI=1S/C30H31N3O4/c1-20-29(22(3)37-32-20)19-36-28-15-9-13-26(17-28)30(35)33(18-24-10-6-5-7-11-24)21(2)25-12-8-14-27(16-25)31-23(4)34/h5-17,21H,18-19H2,1-4H3,(H,31,34). The Hall–Kier alpha value is -4.39. The lowest BCUT2D eigenvalue weighted by Gasteiger charge is -2.30. The minimum atomic E-state index is -0.256. The Kier molecular flexibility index (Phi) is 8.03. The zero-order valence-electron chi connectivity index (χ0n) is 21.5. The van der Waals surface area contributed by atoms with Gasteiger partial charge in [-0.1, -0.05) is 53.7 Å². The van der Waals surface area contributed by atoms with Crippen molar-refractivity contribution in [3.8, 4) is 5.75 Å². The maximum Gasteiger partial charge on any atom is 0.254 e. The molecule has 0 fully saturated rings. The Bertz CT molecular complexity index is 1360. The lowest BCUT2D eigenvalue weighted by atomic mass is 10.0. The number of rotatable bonds is 9. The fourth-order valence-corrected chi connectivity index (χ4v) is 4.17. The van der Waals surface area contributed by atoms with Gasteiger partial charge in [0.05, 0.1) is 17.3 Å². The first-order valence-electron chi connectivity index (χ1n) is 12.2. The van der Waals surface area contributed by atoms with Crippen molar-refractivity contribution in [1.29, 1.82) is 0 Å². The van der Waals surface area contributed by atoms with Crippen LogP contribution in [0, 0.1) is 13.8 Å². The van der Waals surface area contributed by atoms with E-state index in [1.165, 1.54) is 6.92 Å². The number of carbonyl (C=O) groups excluding carboxylic acids is 2. The molecule has 7 heteroatoms. The Balaban J connectivity index is 1.60. The summed E-state index contributed by atoms with van der Waals surface area (Å²) in [5, 5.41) is 6.79. The summed E-state index contributed by atoms with van der Waals surface area (Å²) in [5.74, 6) is 1.04. The zero-order chi connectivity index (χ0) is 26.4. The first-order valence-corrected chi connectivity index (χ1v) is 12.2. The normalized spacial score (nSPS) is 11.6. The highest BCUT2D eigenvalue weighted by Crippen LogP contribution is 2.28. The van der Waals surface area contributed by atoms with Crippen molar-refractivity contribution < 1.29 is 18.8 Å². The van der Waals surface area contributed by atoms with E-state index in [2.05, 4.69) is 10.5 Å². The second-order valence-electron chi connectivity index (χ2n) is 9.02. The van der Waals surface area contributed by atoms with E-state index in [9.17, 15) is 9.59 Å². The Labute approximate surface area is 217 Å². The predicted octanol–water partition coefficient (Wildman–Crippen LogP) is 6.23. The molecular weight excluding hydrogens is 466 g/mol. The first-order chi connectivity index (χ1) is 17.8. The number of amides is 2. The molecule has 3 aromatic carbocycles. The van der Waals surface area contributed by atoms with E-state index in [0.717, 1.165) is 22.4 Å². The summed E-state index contributed by atoms with van der Waals surface area (Å²) in [7, 11) is 0. The van der Waals surface area contributed by atoms with Crippen molar-refractivity contribution in [1.82, 2.24) is 10.1 Å². The smallest absolute Gasteiger partial charge is 0.254 e. The third-order valence-electron chi connectivity index (χ3n) is 6.26. The highest BCUT2D eigenvalue weighted by molar-refractivity contribution is 5.95. The molecule has 0 aliphatic rings. The van der Waals surface area contributed by atoms with Crippen molar-refractivity contribution in [2.24, 2.45) is 0 Å². The largest absolute Gasteiger partial charge is 0.489 e. The maximum atomic E-state index is 13.9. The van der Waals surface area contributed by atoms with E-state index >= 15 is 0 Å². The van der Waals surface area contributed by atoms with Crippen LogP contribution in [0.3, 0.4) is 0 Å². The zero-order valence-corrected chi connectivity index (χ0v) is 21.5. The van der Waals surface area contributed by atoms with E-state index < -0.39 is 0 Å². The van der Waals surface area contributed by atoms with Crippen LogP contribution in [-0.2, 0) is 17.9 Å². The number of nitrogens with one attached hydrogen (secondary N) is 1.